The van der Waals surface area contributed by atoms with E-state index >= 15 is 0 Å². The van der Waals surface area contributed by atoms with Gasteiger partial charge in [-0.3, -0.25) is 4.57 Å². The summed E-state index contributed by atoms with van der Waals surface area (Å²) < 4.78 is 8.60. The van der Waals surface area contributed by atoms with Crippen LogP contribution in [0.1, 0.15) is 22.3 Å². The Balaban J connectivity index is 1.25. The van der Waals surface area contributed by atoms with Gasteiger partial charge in [0, 0.05) is 27.1 Å². The summed E-state index contributed by atoms with van der Waals surface area (Å²) >= 11 is 0. The van der Waals surface area contributed by atoms with Crippen molar-refractivity contribution in [3.05, 3.63) is 198 Å². The van der Waals surface area contributed by atoms with Gasteiger partial charge in [0.1, 0.15) is 16.9 Å². The largest absolute Gasteiger partial charge is 0.456 e. The van der Waals surface area contributed by atoms with Crippen LogP contribution in [0.2, 0.25) is 0 Å². The van der Waals surface area contributed by atoms with Crippen LogP contribution in [0.15, 0.2) is 180 Å². The van der Waals surface area contributed by atoms with Gasteiger partial charge in [-0.2, -0.15) is 0 Å². The third-order valence-electron chi connectivity index (χ3n) is 11.1. The van der Waals surface area contributed by atoms with Gasteiger partial charge in [0.05, 0.1) is 22.1 Å². The Hall–Kier alpha value is -7.30. The van der Waals surface area contributed by atoms with Crippen molar-refractivity contribution in [2.75, 3.05) is 0 Å². The van der Waals surface area contributed by atoms with Crippen LogP contribution in [-0.2, 0) is 0 Å². The molecule has 0 saturated heterocycles. The molecule has 0 saturated carbocycles. The van der Waals surface area contributed by atoms with Crippen LogP contribution in [0.25, 0.3) is 93.8 Å². The van der Waals surface area contributed by atoms with Crippen LogP contribution >= 0.6 is 0 Å². The van der Waals surface area contributed by atoms with Gasteiger partial charge < -0.3 is 4.42 Å². The highest BCUT2D eigenvalue weighted by atomic mass is 16.3. The molecule has 54 heavy (non-hydrogen) atoms. The first kappa shape index (κ1) is 29.3. The number of benzene rings is 8. The second-order valence-electron chi connectivity index (χ2n) is 14.1. The van der Waals surface area contributed by atoms with Gasteiger partial charge in [0.25, 0.3) is 0 Å². The summed E-state index contributed by atoms with van der Waals surface area (Å²) in [6.07, 6.45) is 0. The van der Waals surface area contributed by atoms with Gasteiger partial charge in [-0.15, -0.1) is 0 Å². The number of hydrogen-bond acceptors (Lipinski definition) is 3. The molecular formula is C50H29N3O. The summed E-state index contributed by atoms with van der Waals surface area (Å²) in [7, 11) is 0. The van der Waals surface area contributed by atoms with Crippen LogP contribution in [0, 0.1) is 0 Å². The van der Waals surface area contributed by atoms with E-state index in [1.165, 1.54) is 54.9 Å². The average Bonchev–Trinajstić information content (AvgIpc) is 3.74. The zero-order valence-corrected chi connectivity index (χ0v) is 29.0. The molecule has 3 heterocycles. The first-order valence-corrected chi connectivity index (χ1v) is 18.3. The minimum atomic E-state index is 0.795. The van der Waals surface area contributed by atoms with Crippen LogP contribution < -0.4 is 0 Å². The lowest BCUT2D eigenvalue weighted by Crippen LogP contribution is -2.04. The molecular weight excluding hydrogens is 659 g/mol. The molecule has 0 fully saturated rings. The van der Waals surface area contributed by atoms with Crippen molar-refractivity contribution in [3.8, 4) is 17.1 Å². The lowest BCUT2D eigenvalue weighted by molar-refractivity contribution is 0.669. The highest BCUT2D eigenvalue weighted by molar-refractivity contribution is 6.31. The monoisotopic (exact) mass is 687 g/mol. The molecule has 0 aliphatic heterocycles. The van der Waals surface area contributed by atoms with E-state index in [2.05, 4.69) is 150 Å². The number of aromatic nitrogens is 3. The summed E-state index contributed by atoms with van der Waals surface area (Å²) in [5.74, 6) is 0.795. The summed E-state index contributed by atoms with van der Waals surface area (Å²) in [4.78, 5) is 10.9. The number of furan rings is 1. The summed E-state index contributed by atoms with van der Waals surface area (Å²) in [6, 6.07) is 62.5. The smallest absolute Gasteiger partial charge is 0.165 e. The van der Waals surface area contributed by atoms with Gasteiger partial charge in [-0.1, -0.05) is 127 Å². The Kier molecular flexibility index (Phi) is 6.02. The molecule has 12 rings (SSSR count). The maximum absolute atomic E-state index is 6.24. The fourth-order valence-corrected chi connectivity index (χ4v) is 8.86. The van der Waals surface area contributed by atoms with E-state index in [0.717, 1.165) is 61.1 Å². The molecule has 0 unspecified atom stereocenters. The highest BCUT2D eigenvalue weighted by Gasteiger charge is 2.29. The van der Waals surface area contributed by atoms with Gasteiger partial charge in [-0.25, -0.2) is 9.97 Å². The first-order valence-electron chi connectivity index (χ1n) is 18.3. The Morgan fingerprint density at radius 2 is 1.04 bits per heavy atom. The lowest BCUT2D eigenvalue weighted by Gasteiger charge is -2.19. The lowest BCUT2D eigenvalue weighted by atomic mass is 9.85. The number of rotatable bonds is 4. The molecule has 0 bridgehead atoms. The van der Waals surface area contributed by atoms with E-state index < -0.39 is 0 Å². The second kappa shape index (κ2) is 11.1. The summed E-state index contributed by atoms with van der Waals surface area (Å²) in [6.45, 7) is 0. The second-order valence-corrected chi connectivity index (χ2v) is 14.1. The SMILES string of the molecule is c1ccc(C2=C(c3ccccc3)c3cccc4c3c3c5c2cccc5ccc3n4-c2nc3ccccc3nc2-c2ccc3oc4ccccc4c3c2)cc1. The van der Waals surface area contributed by atoms with Gasteiger partial charge >= 0.3 is 0 Å². The molecule has 1 aliphatic carbocycles. The minimum Gasteiger partial charge on any atom is -0.456 e. The predicted molar refractivity (Wildman–Crippen MR) is 222 cm³/mol. The Labute approximate surface area is 309 Å². The van der Waals surface area contributed by atoms with Crippen LogP contribution in [0.4, 0.5) is 0 Å². The minimum absolute atomic E-state index is 0.795. The molecule has 4 heteroatoms. The molecule has 4 nitrogen and oxygen atoms in total. The van der Waals surface area contributed by atoms with E-state index in [1.54, 1.807) is 0 Å². The van der Waals surface area contributed by atoms with Crippen molar-refractivity contribution in [2.24, 2.45) is 0 Å². The molecule has 0 amide bonds. The molecule has 0 atom stereocenters. The molecule has 8 aromatic carbocycles. The molecule has 3 aromatic heterocycles. The third kappa shape index (κ3) is 4.08. The third-order valence-corrected chi connectivity index (χ3v) is 11.1. The zero-order valence-electron chi connectivity index (χ0n) is 29.0. The fraction of sp³-hybridized carbons (Fsp3) is 0. The highest BCUT2D eigenvalue weighted by Crippen LogP contribution is 2.50. The number of fused-ring (bicyclic) bond motifs is 4. The van der Waals surface area contributed by atoms with Crippen molar-refractivity contribution in [1.82, 2.24) is 14.5 Å². The molecule has 0 radical (unpaired) electrons. The quantitative estimate of drug-likeness (QED) is 0.185. The maximum atomic E-state index is 6.24. The van der Waals surface area contributed by atoms with E-state index in [4.69, 9.17) is 14.4 Å². The predicted octanol–water partition coefficient (Wildman–Crippen LogP) is 12.8. The van der Waals surface area contributed by atoms with Gasteiger partial charge in [0.15, 0.2) is 5.82 Å². The molecule has 0 N–H and O–H groups in total. The van der Waals surface area contributed by atoms with E-state index in [1.807, 2.05) is 30.3 Å². The van der Waals surface area contributed by atoms with E-state index in [0.29, 0.717) is 0 Å². The van der Waals surface area contributed by atoms with Crippen LogP contribution in [0.3, 0.4) is 0 Å². The van der Waals surface area contributed by atoms with Crippen molar-refractivity contribution >= 4 is 76.7 Å². The van der Waals surface area contributed by atoms with Crippen molar-refractivity contribution in [2.45, 2.75) is 0 Å². The van der Waals surface area contributed by atoms with Gasteiger partial charge in [-0.05, 0) is 92.7 Å². The van der Waals surface area contributed by atoms with E-state index in [-0.39, 0.29) is 0 Å². The molecule has 0 spiro atoms. The fourth-order valence-electron chi connectivity index (χ4n) is 8.86. The van der Waals surface area contributed by atoms with Crippen LogP contribution in [0.5, 0.6) is 0 Å². The first-order chi connectivity index (χ1) is 26.8. The summed E-state index contributed by atoms with van der Waals surface area (Å²) in [5, 5.41) is 7.04. The molecule has 250 valence electrons. The number of hydrogen-bond donors (Lipinski definition) is 0. The van der Waals surface area contributed by atoms with Crippen molar-refractivity contribution in [1.29, 1.82) is 0 Å². The number of nitrogens with zero attached hydrogens (tertiary/aromatic N) is 3. The summed E-state index contributed by atoms with van der Waals surface area (Å²) in [5.41, 5.74) is 14.7. The van der Waals surface area contributed by atoms with Crippen molar-refractivity contribution < 1.29 is 4.42 Å². The number of para-hydroxylation sites is 3. The zero-order chi connectivity index (χ0) is 35.3. The van der Waals surface area contributed by atoms with Crippen LogP contribution in [-0.4, -0.2) is 14.5 Å². The van der Waals surface area contributed by atoms with Crippen molar-refractivity contribution in [3.63, 3.8) is 0 Å². The topological polar surface area (TPSA) is 43.9 Å². The van der Waals surface area contributed by atoms with Gasteiger partial charge in [0.2, 0.25) is 0 Å². The standard InChI is InChI=1S/C50H29N3O/c1-3-13-30(14-4-1)44-35-19-11-17-32-25-27-41-48(46(32)35)47-36(45(44)31-15-5-2-6-16-31)20-12-23-40(47)53(41)50-49(51-38-21-8-9-22-39(38)52-50)33-26-28-43-37(29-33)34-18-7-10-24-42(34)54-43/h1-29H. The average molecular weight is 688 g/mol. The Morgan fingerprint density at radius 1 is 0.407 bits per heavy atom. The Morgan fingerprint density at radius 3 is 1.81 bits per heavy atom. The maximum Gasteiger partial charge on any atom is 0.165 e. The Bertz CT molecular complexity index is 3370. The van der Waals surface area contributed by atoms with E-state index in [9.17, 15) is 0 Å². The molecule has 1 aliphatic rings. The molecule has 11 aromatic rings. The normalized spacial score (nSPS) is 12.7.